The number of aliphatic hydroxyl groups is 1. The van der Waals surface area contributed by atoms with E-state index in [0.717, 1.165) is 23.5 Å². The predicted octanol–water partition coefficient (Wildman–Crippen LogP) is 2.39. The summed E-state index contributed by atoms with van der Waals surface area (Å²) >= 11 is 1.57. The van der Waals surface area contributed by atoms with Gasteiger partial charge in [-0.15, -0.1) is 11.3 Å². The fourth-order valence-corrected chi connectivity index (χ4v) is 4.10. The third-order valence-corrected chi connectivity index (χ3v) is 5.26. The number of hydrogen-bond acceptors (Lipinski definition) is 4. The van der Waals surface area contributed by atoms with Crippen LogP contribution < -0.4 is 5.32 Å². The number of carbonyl (C=O) groups excluding carboxylic acids is 1. The second-order valence-electron chi connectivity index (χ2n) is 6.09. The number of fused-ring (bicyclic) bond motifs is 1. The van der Waals surface area contributed by atoms with Gasteiger partial charge in [0.1, 0.15) is 0 Å². The molecule has 0 radical (unpaired) electrons. The molecule has 6 heteroatoms. The van der Waals surface area contributed by atoms with E-state index < -0.39 is 0 Å². The second-order valence-corrected chi connectivity index (χ2v) is 6.96. The van der Waals surface area contributed by atoms with Crippen molar-refractivity contribution in [1.82, 2.24) is 14.7 Å². The average molecular weight is 321 g/mol. The van der Waals surface area contributed by atoms with Crippen LogP contribution in [-0.2, 0) is 11.2 Å². The standard InChI is InChI=1S/C16H23N3O2S/c20-8-6-14(12-4-2-1-3-5-12)18-15(21)10-13-11-19-7-9-22-16(19)17-13/h7,9,11-12,14,20H,1-6,8,10H2,(H,18,21). The third kappa shape index (κ3) is 3.67. The molecule has 1 aliphatic rings. The minimum atomic E-state index is 0.00905. The van der Waals surface area contributed by atoms with E-state index in [1.54, 1.807) is 11.3 Å². The monoisotopic (exact) mass is 321 g/mol. The SMILES string of the molecule is O=C(Cc1cn2ccsc2n1)NC(CCO)C1CCCCC1. The highest BCUT2D eigenvalue weighted by Crippen LogP contribution is 2.27. The zero-order chi connectivity index (χ0) is 15.4. The van der Waals surface area contributed by atoms with Crippen molar-refractivity contribution >= 4 is 22.2 Å². The molecule has 0 spiro atoms. The van der Waals surface area contributed by atoms with E-state index in [4.69, 9.17) is 0 Å². The van der Waals surface area contributed by atoms with E-state index in [0.29, 0.717) is 18.8 Å². The number of imidazole rings is 1. The molecule has 1 aliphatic carbocycles. The van der Waals surface area contributed by atoms with Crippen molar-refractivity contribution in [3.63, 3.8) is 0 Å². The van der Waals surface area contributed by atoms with Crippen molar-refractivity contribution in [2.24, 2.45) is 5.92 Å². The lowest BCUT2D eigenvalue weighted by Gasteiger charge is -2.30. The summed E-state index contributed by atoms with van der Waals surface area (Å²) in [5.74, 6) is 0.519. The fraction of sp³-hybridized carbons (Fsp3) is 0.625. The van der Waals surface area contributed by atoms with Crippen LogP contribution in [0.5, 0.6) is 0 Å². The Morgan fingerprint density at radius 2 is 2.27 bits per heavy atom. The number of rotatable bonds is 6. The van der Waals surface area contributed by atoms with Crippen LogP contribution in [-0.4, -0.2) is 33.0 Å². The van der Waals surface area contributed by atoms with Gasteiger partial charge in [0.2, 0.25) is 5.91 Å². The van der Waals surface area contributed by atoms with Gasteiger partial charge in [-0.25, -0.2) is 4.98 Å². The summed E-state index contributed by atoms with van der Waals surface area (Å²) in [7, 11) is 0. The van der Waals surface area contributed by atoms with E-state index in [-0.39, 0.29) is 18.6 Å². The zero-order valence-electron chi connectivity index (χ0n) is 12.7. The van der Waals surface area contributed by atoms with Gasteiger partial charge < -0.3 is 10.4 Å². The number of carbonyl (C=O) groups is 1. The third-order valence-electron chi connectivity index (χ3n) is 4.49. The van der Waals surface area contributed by atoms with Gasteiger partial charge in [-0.1, -0.05) is 19.3 Å². The molecule has 0 bridgehead atoms. The molecule has 5 nitrogen and oxygen atoms in total. The summed E-state index contributed by atoms with van der Waals surface area (Å²) < 4.78 is 1.94. The molecule has 2 heterocycles. The average Bonchev–Trinajstić information content (AvgIpc) is 3.09. The van der Waals surface area contributed by atoms with Crippen molar-refractivity contribution in [2.75, 3.05) is 6.61 Å². The number of thiazole rings is 1. The Labute approximate surface area is 134 Å². The molecule has 0 aliphatic heterocycles. The maximum Gasteiger partial charge on any atom is 0.226 e. The lowest BCUT2D eigenvalue weighted by atomic mass is 9.82. The van der Waals surface area contributed by atoms with Crippen LogP contribution >= 0.6 is 11.3 Å². The summed E-state index contributed by atoms with van der Waals surface area (Å²) in [5, 5.41) is 14.4. The lowest BCUT2D eigenvalue weighted by molar-refractivity contribution is -0.121. The maximum absolute atomic E-state index is 12.3. The molecule has 1 unspecified atom stereocenters. The number of aromatic nitrogens is 2. The Bertz CT molecular complexity index is 587. The van der Waals surface area contributed by atoms with Gasteiger partial charge in [0.05, 0.1) is 12.1 Å². The Morgan fingerprint density at radius 3 is 3.00 bits per heavy atom. The molecule has 2 aromatic heterocycles. The Kier molecular flexibility index (Phi) is 5.10. The van der Waals surface area contributed by atoms with Gasteiger partial charge in [-0.2, -0.15) is 0 Å². The Morgan fingerprint density at radius 1 is 1.45 bits per heavy atom. The lowest BCUT2D eigenvalue weighted by Crippen LogP contribution is -2.42. The van der Waals surface area contributed by atoms with Gasteiger partial charge >= 0.3 is 0 Å². The Balaban J connectivity index is 1.59. The first-order chi connectivity index (χ1) is 10.8. The first kappa shape index (κ1) is 15.5. The number of amides is 1. The van der Waals surface area contributed by atoms with Crippen LogP contribution in [0.2, 0.25) is 0 Å². The van der Waals surface area contributed by atoms with Crippen molar-refractivity contribution in [2.45, 2.75) is 51.0 Å². The first-order valence-electron chi connectivity index (χ1n) is 8.07. The number of nitrogens with zero attached hydrogens (tertiary/aromatic N) is 2. The van der Waals surface area contributed by atoms with Gasteiger partial charge in [-0.3, -0.25) is 9.20 Å². The van der Waals surface area contributed by atoms with Crippen LogP contribution in [0.15, 0.2) is 17.8 Å². The van der Waals surface area contributed by atoms with Crippen LogP contribution in [0.4, 0.5) is 0 Å². The fourth-order valence-electron chi connectivity index (χ4n) is 3.38. The largest absolute Gasteiger partial charge is 0.396 e. The highest BCUT2D eigenvalue weighted by molar-refractivity contribution is 7.15. The highest BCUT2D eigenvalue weighted by atomic mass is 32.1. The molecule has 1 saturated carbocycles. The molecule has 22 heavy (non-hydrogen) atoms. The second kappa shape index (κ2) is 7.24. The van der Waals surface area contributed by atoms with E-state index >= 15 is 0 Å². The molecular weight excluding hydrogens is 298 g/mol. The zero-order valence-corrected chi connectivity index (χ0v) is 13.5. The van der Waals surface area contributed by atoms with Crippen LogP contribution in [0, 0.1) is 5.92 Å². The molecule has 2 N–H and O–H groups in total. The van der Waals surface area contributed by atoms with Gasteiger partial charge in [-0.05, 0) is 25.2 Å². The first-order valence-corrected chi connectivity index (χ1v) is 8.95. The Hall–Kier alpha value is -1.40. The number of nitrogens with one attached hydrogen (secondary N) is 1. The van der Waals surface area contributed by atoms with Gasteiger partial charge in [0, 0.05) is 30.4 Å². The molecule has 1 fully saturated rings. The number of aliphatic hydroxyl groups excluding tert-OH is 1. The molecule has 120 valence electrons. The van der Waals surface area contributed by atoms with Crippen molar-refractivity contribution < 1.29 is 9.90 Å². The van der Waals surface area contributed by atoms with Crippen molar-refractivity contribution in [1.29, 1.82) is 0 Å². The molecule has 2 aromatic rings. The molecule has 1 atom stereocenters. The van der Waals surface area contributed by atoms with Crippen molar-refractivity contribution in [3.8, 4) is 0 Å². The van der Waals surface area contributed by atoms with Gasteiger partial charge in [0.25, 0.3) is 0 Å². The molecule has 0 aromatic carbocycles. The summed E-state index contributed by atoms with van der Waals surface area (Å²) in [6, 6.07) is 0.0986. The maximum atomic E-state index is 12.3. The minimum Gasteiger partial charge on any atom is -0.396 e. The summed E-state index contributed by atoms with van der Waals surface area (Å²) in [4.78, 5) is 17.7. The van der Waals surface area contributed by atoms with Crippen LogP contribution in [0.25, 0.3) is 4.96 Å². The number of hydrogen-bond donors (Lipinski definition) is 2. The molecular formula is C16H23N3O2S. The topological polar surface area (TPSA) is 66.6 Å². The van der Waals surface area contributed by atoms with E-state index in [9.17, 15) is 9.90 Å². The molecule has 1 amide bonds. The van der Waals surface area contributed by atoms with E-state index in [2.05, 4.69) is 10.3 Å². The highest BCUT2D eigenvalue weighted by Gasteiger charge is 2.24. The summed E-state index contributed by atoms with van der Waals surface area (Å²) in [5.41, 5.74) is 0.802. The predicted molar refractivity (Wildman–Crippen MR) is 87.0 cm³/mol. The van der Waals surface area contributed by atoms with E-state index in [1.165, 1.54) is 19.3 Å². The van der Waals surface area contributed by atoms with Crippen molar-refractivity contribution in [3.05, 3.63) is 23.5 Å². The smallest absolute Gasteiger partial charge is 0.226 e. The van der Waals surface area contributed by atoms with Crippen LogP contribution in [0.1, 0.15) is 44.2 Å². The molecule has 0 saturated heterocycles. The summed E-state index contributed by atoms with van der Waals surface area (Å²) in [6.45, 7) is 0.127. The normalized spacial score (nSPS) is 17.7. The molecule has 3 rings (SSSR count). The quantitative estimate of drug-likeness (QED) is 0.858. The van der Waals surface area contributed by atoms with Crippen LogP contribution in [0.3, 0.4) is 0 Å². The summed E-state index contributed by atoms with van der Waals surface area (Å²) in [6.07, 6.45) is 10.9. The van der Waals surface area contributed by atoms with Gasteiger partial charge in [0.15, 0.2) is 4.96 Å². The minimum absolute atomic E-state index is 0.00905. The van der Waals surface area contributed by atoms with E-state index in [1.807, 2.05) is 22.2 Å².